The van der Waals surface area contributed by atoms with E-state index in [4.69, 9.17) is 19.3 Å². The molecule has 3 heterocycles. The molecule has 16 rings (SSSR count). The summed E-state index contributed by atoms with van der Waals surface area (Å²) in [7, 11) is -6.94. The van der Waals surface area contributed by atoms with Gasteiger partial charge in [0.05, 0.1) is 78.7 Å². The van der Waals surface area contributed by atoms with Crippen LogP contribution in [0, 0.1) is 6.33 Å². The van der Waals surface area contributed by atoms with Gasteiger partial charge in [-0.1, -0.05) is 290 Å². The third-order valence-electron chi connectivity index (χ3n) is 17.2. The smallest absolute Gasteiger partial charge is 0.269 e. The van der Waals surface area contributed by atoms with E-state index in [1.165, 1.54) is 10.6 Å². The number of nitrogens with zero attached hydrogens (tertiary/aromatic N) is 4. The van der Waals surface area contributed by atoms with Gasteiger partial charge in [-0.2, -0.15) is 0 Å². The molecular weight excluding hydrogens is 1210 g/mol. The first-order valence-corrected chi connectivity index (χ1v) is 33.2. The highest BCUT2D eigenvalue weighted by molar-refractivity contribution is 7.20. The zero-order valence-electron chi connectivity index (χ0n) is 86.5. The summed E-state index contributed by atoms with van der Waals surface area (Å²) in [6.07, 6.45) is 5.15. The molecular formula is C92H74N4OSi. The lowest BCUT2D eigenvalue weighted by atomic mass is 9.86. The van der Waals surface area contributed by atoms with Crippen LogP contribution in [0.2, 0.25) is 0 Å². The minimum Gasteiger partial charge on any atom is -0.458 e. The quantitative estimate of drug-likeness (QED) is 0.0471. The minimum atomic E-state index is -6.94. The van der Waals surface area contributed by atoms with Crippen molar-refractivity contribution in [2.75, 3.05) is 0 Å². The second kappa shape index (κ2) is 25.1. The fourth-order valence-corrected chi connectivity index (χ4v) is 16.5. The Morgan fingerprint density at radius 1 is 0.408 bits per heavy atom. The molecule has 5 nitrogen and oxygen atoms in total. The first-order valence-electron chi connectivity index (χ1n) is 47.7. The van der Waals surface area contributed by atoms with Gasteiger partial charge in [0.25, 0.3) is 6.33 Å². The van der Waals surface area contributed by atoms with Crippen LogP contribution < -0.4 is 30.1 Å². The van der Waals surface area contributed by atoms with Crippen molar-refractivity contribution < 1.29 is 54.5 Å². The number of benzene rings is 13. The number of imidazole rings is 1. The summed E-state index contributed by atoms with van der Waals surface area (Å²) in [4.78, 5) is 4.87. The molecule has 0 amide bonds. The van der Waals surface area contributed by atoms with Crippen LogP contribution in [0.25, 0.3) is 106 Å². The standard InChI is InChI=1S/C92H74N4OSi/c1-91(2,3)73-47-44-67(45-48-73)68-46-51-85-87(58-68)94(75-34-27-35-76(61-75)97-77-49-50-82-81-42-25-26-43-84(81)96(86(82)62-77)89-60-74(52-53-93-89)92(4,5)6)63-95(85)90-83(72-55-69(64-28-13-7-14-29-64)54-70(56-72)65-30-15-8-16-31-65)57-71(66-32-17-9-18-33-66)59-88(90)98(78-36-19-10-20-37-78,79-38-21-11-22-39-79)80-40-23-12-24-41-80/h7-62H,1-6H3/i7D,8D,9D,10D,11D,12D,13D,14D,15D,16D,17D,18D,19D,20D,21D,22D,23D,24D,28D,29D,30D,31D,32D,33D,36D,37D,38D,39D,40D,41D,54D,55D,56D. The molecule has 0 spiro atoms. The van der Waals surface area contributed by atoms with Crippen molar-refractivity contribution >= 4 is 61.7 Å². The highest BCUT2D eigenvalue weighted by atomic mass is 28.3. The van der Waals surface area contributed by atoms with Gasteiger partial charge in [-0.25, -0.2) is 4.98 Å². The Bertz CT molecular complexity index is 7270. The Balaban J connectivity index is 1.19. The third kappa shape index (κ3) is 11.3. The SMILES string of the molecule is [2H]c1c([2H])c([2H])c(-c2cc(-c3c([2H])c(-c4c([2H])c([2H])c([2H])c([2H])c4[2H])c([2H])c(-c4c([2H])c([2H])c([2H])c([2H])c4[2H])c3[2H])c(-[n+]3[c-]n(-c4cccc(Oc5ccc6c7ccccc7n(-c7cc(C(C)(C)C)ccn7)c6c5)c4)c4cc(-c5ccc(C(C)(C)C)cc5)ccc43)c([Si](c3c([2H])c([2H])c([2H])c([2H])c3[2H])(c3c([2H])c([2H])c([2H])c([2H])c3[2H])c3c([2H])c([2H])c([2H])c([2H])c3[2H])c2)c([2H])c1[2H]. The molecule has 13 aromatic carbocycles. The van der Waals surface area contributed by atoms with Gasteiger partial charge in [0, 0.05) is 23.0 Å². The van der Waals surface area contributed by atoms with Crippen molar-refractivity contribution in [3.8, 4) is 84.3 Å². The number of hydrogen-bond donors (Lipinski definition) is 0. The van der Waals surface area contributed by atoms with E-state index >= 15 is 0 Å². The average Bonchev–Trinajstić information content (AvgIpc) is 1.34. The fraction of sp³-hybridized carbons (Fsp3) is 0.0870. The van der Waals surface area contributed by atoms with Crippen molar-refractivity contribution in [3.63, 3.8) is 0 Å². The van der Waals surface area contributed by atoms with Gasteiger partial charge in [-0.3, -0.25) is 13.7 Å². The summed E-state index contributed by atoms with van der Waals surface area (Å²) in [5.74, 6) is 1.05. The van der Waals surface area contributed by atoms with E-state index in [2.05, 4.69) is 27.1 Å². The van der Waals surface area contributed by atoms with Gasteiger partial charge >= 0.3 is 0 Å². The normalized spacial score (nSPS) is 16.7. The Labute approximate surface area is 621 Å². The lowest BCUT2D eigenvalue weighted by Crippen LogP contribution is -2.76. The maximum absolute atomic E-state index is 11.1. The number of hydrogen-bond acceptors (Lipinski definition) is 2. The zero-order chi connectivity index (χ0) is 95.3. The topological polar surface area (TPSA) is 35.9 Å². The summed E-state index contributed by atoms with van der Waals surface area (Å²) >= 11 is 0. The molecule has 0 unspecified atom stereocenters. The highest BCUT2D eigenvalue weighted by Crippen LogP contribution is 2.41. The van der Waals surface area contributed by atoms with Crippen molar-refractivity contribution in [3.05, 3.63) is 357 Å². The van der Waals surface area contributed by atoms with Crippen LogP contribution in [0.4, 0.5) is 0 Å². The van der Waals surface area contributed by atoms with Crippen LogP contribution >= 0.6 is 0 Å². The first-order chi connectivity index (χ1) is 61.5. The number of para-hydroxylation sites is 1. The van der Waals surface area contributed by atoms with Crippen molar-refractivity contribution in [2.24, 2.45) is 0 Å². The first kappa shape index (κ1) is 34.8. The Hall–Kier alpha value is -11.7. The summed E-state index contributed by atoms with van der Waals surface area (Å²) in [6.45, 7) is 12.3. The fourth-order valence-electron chi connectivity index (χ4n) is 12.5. The predicted octanol–water partition coefficient (Wildman–Crippen LogP) is 20.3. The largest absolute Gasteiger partial charge is 0.458 e. The molecule has 3 aromatic heterocycles. The molecule has 0 fully saturated rings. The number of fused-ring (bicyclic) bond motifs is 4. The van der Waals surface area contributed by atoms with Crippen LogP contribution in [0.5, 0.6) is 11.5 Å². The maximum Gasteiger partial charge on any atom is 0.269 e. The van der Waals surface area contributed by atoms with E-state index < -0.39 is 278 Å². The van der Waals surface area contributed by atoms with Crippen LogP contribution in [-0.2, 0) is 10.8 Å². The molecule has 0 N–H and O–H groups in total. The van der Waals surface area contributed by atoms with Gasteiger partial charge in [-0.05, 0) is 177 Å². The zero-order valence-corrected chi connectivity index (χ0v) is 54.5. The Morgan fingerprint density at radius 2 is 0.939 bits per heavy atom. The van der Waals surface area contributed by atoms with Crippen molar-refractivity contribution in [2.45, 2.75) is 52.4 Å². The monoisotopic (exact) mass is 1310 g/mol. The summed E-state index contributed by atoms with van der Waals surface area (Å²) in [5, 5.41) is -2.73. The van der Waals surface area contributed by atoms with Gasteiger partial charge in [0.1, 0.15) is 17.3 Å². The van der Waals surface area contributed by atoms with Gasteiger partial charge in [-0.15, -0.1) is 0 Å². The molecule has 16 aromatic rings. The Morgan fingerprint density at radius 3 is 1.53 bits per heavy atom. The molecule has 0 atom stereocenters. The van der Waals surface area contributed by atoms with Crippen LogP contribution in [0.15, 0.2) is 339 Å². The number of rotatable bonds is 14. The lowest BCUT2D eigenvalue weighted by Gasteiger charge is -2.37. The number of ether oxygens (including phenoxy) is 1. The van der Waals surface area contributed by atoms with Gasteiger partial charge in [0.15, 0.2) is 8.07 Å². The third-order valence-corrected chi connectivity index (χ3v) is 21.4. The van der Waals surface area contributed by atoms with E-state index in [-0.39, 0.29) is 33.3 Å². The van der Waals surface area contributed by atoms with Gasteiger partial charge < -0.3 is 4.74 Å². The molecule has 0 aliphatic carbocycles. The molecule has 0 saturated heterocycles. The van der Waals surface area contributed by atoms with Crippen LogP contribution in [-0.4, -0.2) is 22.2 Å². The molecule has 472 valence electrons. The highest BCUT2D eigenvalue weighted by Gasteiger charge is 2.44. The van der Waals surface area contributed by atoms with E-state index in [0.29, 0.717) is 28.2 Å². The maximum atomic E-state index is 11.1. The Kier molecular flexibility index (Phi) is 8.93. The summed E-state index contributed by atoms with van der Waals surface area (Å²) in [5.41, 5.74) is -4.74. The lowest BCUT2D eigenvalue weighted by molar-refractivity contribution is -0.570. The molecule has 6 heteroatoms. The summed E-state index contributed by atoms with van der Waals surface area (Å²) < 4.78 is 333. The molecule has 0 saturated carbocycles. The van der Waals surface area contributed by atoms with E-state index in [0.717, 1.165) is 44.1 Å². The average molecular weight is 1310 g/mol. The minimum absolute atomic E-state index is 0.0566. The van der Waals surface area contributed by atoms with Crippen molar-refractivity contribution in [1.29, 1.82) is 0 Å². The van der Waals surface area contributed by atoms with Crippen molar-refractivity contribution in [1.82, 2.24) is 14.1 Å². The molecule has 0 radical (unpaired) electrons. The number of pyridine rings is 1. The second-order valence-electron chi connectivity index (χ2n) is 25.3. The molecule has 98 heavy (non-hydrogen) atoms. The number of aromatic nitrogens is 4. The van der Waals surface area contributed by atoms with Crippen LogP contribution in [0.3, 0.4) is 0 Å². The second-order valence-corrected chi connectivity index (χ2v) is 28.8. The predicted molar refractivity (Wildman–Crippen MR) is 410 cm³/mol. The summed E-state index contributed by atoms with van der Waals surface area (Å²) in [6, 6.07) is -1.12. The molecule has 0 aliphatic rings. The van der Waals surface area contributed by atoms with E-state index in [1.807, 2.05) is 98.1 Å². The van der Waals surface area contributed by atoms with E-state index in [9.17, 15) is 35.6 Å². The van der Waals surface area contributed by atoms with Crippen LogP contribution in [0.1, 0.15) is 97.9 Å². The van der Waals surface area contributed by atoms with Gasteiger partial charge in [0.2, 0.25) is 0 Å². The van der Waals surface area contributed by atoms with E-state index in [1.54, 1.807) is 48.7 Å². The molecule has 0 aliphatic heterocycles. The molecule has 0 bridgehead atoms.